The highest BCUT2D eigenvalue weighted by atomic mass is 16.3. The minimum absolute atomic E-state index is 0.0415. The summed E-state index contributed by atoms with van der Waals surface area (Å²) in [4.78, 5) is 13.3. The lowest BCUT2D eigenvalue weighted by molar-refractivity contribution is -0.121. The molecule has 1 rings (SSSR count). The molecule has 0 unspecified atom stereocenters. The zero-order chi connectivity index (χ0) is 10.6. The SMILES string of the molecule is C=CCN(C(=O)C(C)C)c1ccco1. The third-order valence-corrected chi connectivity index (χ3v) is 1.84. The molecule has 1 heterocycles. The Morgan fingerprint density at radius 3 is 2.86 bits per heavy atom. The fourth-order valence-electron chi connectivity index (χ4n) is 1.15. The van der Waals surface area contributed by atoms with E-state index in [1.807, 2.05) is 13.8 Å². The van der Waals surface area contributed by atoms with Crippen LogP contribution in [0.25, 0.3) is 0 Å². The predicted molar refractivity (Wildman–Crippen MR) is 56.1 cm³/mol. The van der Waals surface area contributed by atoms with Crippen molar-refractivity contribution in [1.29, 1.82) is 0 Å². The minimum Gasteiger partial charge on any atom is -0.448 e. The summed E-state index contributed by atoms with van der Waals surface area (Å²) in [6.45, 7) is 7.82. The summed E-state index contributed by atoms with van der Waals surface area (Å²) in [5, 5.41) is 0. The van der Waals surface area contributed by atoms with Crippen LogP contribution in [0.5, 0.6) is 0 Å². The number of carbonyl (C=O) groups is 1. The second-order valence-corrected chi connectivity index (χ2v) is 3.34. The van der Waals surface area contributed by atoms with Crippen LogP contribution < -0.4 is 4.90 Å². The maximum absolute atomic E-state index is 11.7. The highest BCUT2D eigenvalue weighted by molar-refractivity contribution is 5.93. The molecule has 0 fully saturated rings. The van der Waals surface area contributed by atoms with Crippen molar-refractivity contribution in [1.82, 2.24) is 0 Å². The molecule has 0 bridgehead atoms. The molecule has 1 aromatic heterocycles. The third kappa shape index (κ3) is 2.25. The summed E-state index contributed by atoms with van der Waals surface area (Å²) >= 11 is 0. The van der Waals surface area contributed by atoms with Crippen LogP contribution in [0.3, 0.4) is 0 Å². The summed E-state index contributed by atoms with van der Waals surface area (Å²) in [6.07, 6.45) is 3.24. The van der Waals surface area contributed by atoms with Crippen LogP contribution >= 0.6 is 0 Å². The molecule has 14 heavy (non-hydrogen) atoms. The summed E-state index contributed by atoms with van der Waals surface area (Å²) in [7, 11) is 0. The zero-order valence-electron chi connectivity index (χ0n) is 8.56. The van der Waals surface area contributed by atoms with Crippen molar-refractivity contribution < 1.29 is 9.21 Å². The molecule has 0 aliphatic carbocycles. The molecule has 3 nitrogen and oxygen atoms in total. The standard InChI is InChI=1S/C11H15NO2/c1-4-7-12(11(13)9(2)3)10-6-5-8-14-10/h4-6,8-9H,1,7H2,2-3H3. The van der Waals surface area contributed by atoms with Crippen LogP contribution in [-0.4, -0.2) is 12.5 Å². The lowest BCUT2D eigenvalue weighted by Crippen LogP contribution is -2.34. The van der Waals surface area contributed by atoms with Crippen LogP contribution in [0.1, 0.15) is 13.8 Å². The van der Waals surface area contributed by atoms with E-state index in [1.54, 1.807) is 29.4 Å². The molecule has 0 spiro atoms. The molecule has 3 heteroatoms. The molecule has 1 amide bonds. The molecule has 0 atom stereocenters. The van der Waals surface area contributed by atoms with Gasteiger partial charge in [-0.1, -0.05) is 19.9 Å². The van der Waals surface area contributed by atoms with Gasteiger partial charge in [0, 0.05) is 18.5 Å². The minimum atomic E-state index is -0.0416. The Hall–Kier alpha value is -1.51. The Balaban J connectivity index is 2.84. The highest BCUT2D eigenvalue weighted by Crippen LogP contribution is 2.16. The summed E-state index contributed by atoms with van der Waals surface area (Å²) in [5.74, 6) is 0.573. The van der Waals surface area contributed by atoms with Gasteiger partial charge in [-0.2, -0.15) is 0 Å². The first-order chi connectivity index (χ1) is 6.66. The molecule has 0 aliphatic rings. The number of amides is 1. The molecule has 76 valence electrons. The Kier molecular flexibility index (Phi) is 3.51. The molecule has 0 aromatic carbocycles. The van der Waals surface area contributed by atoms with E-state index in [0.717, 1.165) is 0 Å². The van der Waals surface area contributed by atoms with E-state index in [2.05, 4.69) is 6.58 Å². The van der Waals surface area contributed by atoms with Crippen molar-refractivity contribution in [3.63, 3.8) is 0 Å². The molecule has 1 aromatic rings. The number of rotatable bonds is 4. The van der Waals surface area contributed by atoms with E-state index >= 15 is 0 Å². The zero-order valence-corrected chi connectivity index (χ0v) is 8.56. The summed E-state index contributed by atoms with van der Waals surface area (Å²) in [5.41, 5.74) is 0. The topological polar surface area (TPSA) is 33.5 Å². The van der Waals surface area contributed by atoms with Gasteiger partial charge < -0.3 is 4.42 Å². The van der Waals surface area contributed by atoms with Crippen LogP contribution in [0.2, 0.25) is 0 Å². The van der Waals surface area contributed by atoms with Gasteiger partial charge in [0.1, 0.15) is 0 Å². The van der Waals surface area contributed by atoms with E-state index in [-0.39, 0.29) is 11.8 Å². The van der Waals surface area contributed by atoms with Gasteiger partial charge in [-0.3, -0.25) is 9.69 Å². The third-order valence-electron chi connectivity index (χ3n) is 1.84. The van der Waals surface area contributed by atoms with E-state index in [4.69, 9.17) is 4.42 Å². The van der Waals surface area contributed by atoms with E-state index < -0.39 is 0 Å². The first kappa shape index (κ1) is 10.6. The van der Waals surface area contributed by atoms with Crippen molar-refractivity contribution in [2.45, 2.75) is 13.8 Å². The molecule has 0 saturated heterocycles. The monoisotopic (exact) mass is 193 g/mol. The maximum atomic E-state index is 11.7. The molecule has 0 radical (unpaired) electrons. The number of nitrogens with zero attached hydrogens (tertiary/aromatic N) is 1. The second kappa shape index (κ2) is 4.65. The van der Waals surface area contributed by atoms with Crippen molar-refractivity contribution in [2.24, 2.45) is 5.92 Å². The van der Waals surface area contributed by atoms with Gasteiger partial charge in [-0.25, -0.2) is 0 Å². The Morgan fingerprint density at radius 2 is 2.43 bits per heavy atom. The normalized spacial score (nSPS) is 10.2. The van der Waals surface area contributed by atoms with Crippen LogP contribution in [0.15, 0.2) is 35.5 Å². The first-order valence-corrected chi connectivity index (χ1v) is 4.62. The predicted octanol–water partition coefficient (Wildman–Crippen LogP) is 2.45. The Morgan fingerprint density at radius 1 is 1.71 bits per heavy atom. The lowest BCUT2D eigenvalue weighted by atomic mass is 10.2. The number of hydrogen-bond acceptors (Lipinski definition) is 2. The molecular formula is C11H15NO2. The van der Waals surface area contributed by atoms with Crippen molar-refractivity contribution in [2.75, 3.05) is 11.4 Å². The average molecular weight is 193 g/mol. The van der Waals surface area contributed by atoms with Crippen LogP contribution in [0.4, 0.5) is 5.88 Å². The van der Waals surface area contributed by atoms with Gasteiger partial charge in [-0.15, -0.1) is 6.58 Å². The van der Waals surface area contributed by atoms with Crippen molar-refractivity contribution in [3.05, 3.63) is 31.1 Å². The second-order valence-electron chi connectivity index (χ2n) is 3.34. The molecular weight excluding hydrogens is 178 g/mol. The van der Waals surface area contributed by atoms with Crippen LogP contribution in [-0.2, 0) is 4.79 Å². The van der Waals surface area contributed by atoms with Gasteiger partial charge in [0.2, 0.25) is 11.8 Å². The van der Waals surface area contributed by atoms with E-state index in [0.29, 0.717) is 12.4 Å². The number of furan rings is 1. The summed E-state index contributed by atoms with van der Waals surface area (Å²) < 4.78 is 5.18. The number of anilines is 1. The van der Waals surface area contributed by atoms with Crippen LogP contribution in [0, 0.1) is 5.92 Å². The quantitative estimate of drug-likeness (QED) is 0.688. The Bertz CT molecular complexity index is 301. The molecule has 0 N–H and O–H groups in total. The fourth-order valence-corrected chi connectivity index (χ4v) is 1.15. The van der Waals surface area contributed by atoms with E-state index in [9.17, 15) is 4.79 Å². The number of carbonyl (C=O) groups excluding carboxylic acids is 1. The van der Waals surface area contributed by atoms with Crippen molar-refractivity contribution >= 4 is 11.8 Å². The van der Waals surface area contributed by atoms with Crippen molar-refractivity contribution in [3.8, 4) is 0 Å². The van der Waals surface area contributed by atoms with Gasteiger partial charge in [-0.05, 0) is 6.07 Å². The maximum Gasteiger partial charge on any atom is 0.232 e. The molecule has 0 saturated carbocycles. The Labute approximate surface area is 84.0 Å². The number of hydrogen-bond donors (Lipinski definition) is 0. The first-order valence-electron chi connectivity index (χ1n) is 4.62. The van der Waals surface area contributed by atoms with Gasteiger partial charge in [0.15, 0.2) is 0 Å². The van der Waals surface area contributed by atoms with E-state index in [1.165, 1.54) is 0 Å². The lowest BCUT2D eigenvalue weighted by Gasteiger charge is -2.19. The fraction of sp³-hybridized carbons (Fsp3) is 0.364. The van der Waals surface area contributed by atoms with Gasteiger partial charge in [0.05, 0.1) is 6.26 Å². The highest BCUT2D eigenvalue weighted by Gasteiger charge is 2.19. The molecule has 0 aliphatic heterocycles. The summed E-state index contributed by atoms with van der Waals surface area (Å²) in [6, 6.07) is 3.53. The largest absolute Gasteiger partial charge is 0.448 e. The van der Waals surface area contributed by atoms with Gasteiger partial charge in [0.25, 0.3) is 0 Å². The smallest absolute Gasteiger partial charge is 0.232 e. The average Bonchev–Trinajstić information content (AvgIpc) is 2.65. The van der Waals surface area contributed by atoms with Gasteiger partial charge >= 0.3 is 0 Å².